The Kier molecular flexibility index (Phi) is 6.69. The van der Waals surface area contributed by atoms with Gasteiger partial charge >= 0.3 is 6.18 Å². The Morgan fingerprint density at radius 1 is 1.23 bits per heavy atom. The lowest BCUT2D eigenvalue weighted by atomic mass is 10.1. The van der Waals surface area contributed by atoms with Crippen molar-refractivity contribution in [2.75, 3.05) is 12.4 Å². The van der Waals surface area contributed by atoms with Crippen molar-refractivity contribution in [3.05, 3.63) is 56.1 Å². The highest BCUT2D eigenvalue weighted by Crippen LogP contribution is 2.35. The van der Waals surface area contributed by atoms with Crippen LogP contribution in [0.3, 0.4) is 0 Å². The lowest BCUT2D eigenvalue weighted by Gasteiger charge is -2.16. The third-order valence-corrected chi connectivity index (χ3v) is 4.35. The Hall–Kier alpha value is -1.59. The summed E-state index contributed by atoms with van der Waals surface area (Å²) in [5, 5.41) is 4.66. The molecule has 0 atom stereocenters. The first-order chi connectivity index (χ1) is 12.1. The van der Waals surface area contributed by atoms with E-state index >= 15 is 0 Å². The number of alkyl halides is 3. The number of carbonyl (C=O) groups excluding carboxylic acids is 1. The molecule has 0 heterocycles. The van der Waals surface area contributed by atoms with E-state index in [-0.39, 0.29) is 21.4 Å². The number of ether oxygens (including phenoxy) is 1. The van der Waals surface area contributed by atoms with E-state index < -0.39 is 17.6 Å². The number of hydrogen-bond donors (Lipinski definition) is 2. The molecule has 0 fully saturated rings. The average Bonchev–Trinajstić information content (AvgIpc) is 2.55. The van der Waals surface area contributed by atoms with Crippen molar-refractivity contribution in [1.82, 2.24) is 5.32 Å². The van der Waals surface area contributed by atoms with E-state index in [1.807, 2.05) is 0 Å². The highest BCUT2D eigenvalue weighted by Gasteiger charge is 2.34. The van der Waals surface area contributed by atoms with Gasteiger partial charge in [0.25, 0.3) is 5.91 Å². The number of thiocarbonyl (C=S) groups is 1. The fraction of sp³-hybridized carbons (Fsp3) is 0.125. The fourth-order valence-electron chi connectivity index (χ4n) is 2.00. The van der Waals surface area contributed by atoms with Gasteiger partial charge in [-0.05, 0) is 71.2 Å². The van der Waals surface area contributed by atoms with Crippen LogP contribution in [-0.2, 0) is 6.18 Å². The largest absolute Gasteiger partial charge is 0.495 e. The predicted molar refractivity (Wildman–Crippen MR) is 106 cm³/mol. The molecule has 138 valence electrons. The normalized spacial score (nSPS) is 11.0. The topological polar surface area (TPSA) is 50.4 Å². The standard InChI is InChI=1S/C16H11ClF3IN2O2S/c1-25-13-5-2-8(6-11(13)17)14(24)23-15(26)22-12-4-3-9(21)7-10(12)16(18,19)20/h2-7H,1H3,(H2,22,23,24,26). The maximum atomic E-state index is 13.1. The van der Waals surface area contributed by atoms with Crippen LogP contribution in [0.1, 0.15) is 15.9 Å². The van der Waals surface area contributed by atoms with Gasteiger partial charge in [0.05, 0.1) is 23.4 Å². The molecule has 2 aromatic carbocycles. The van der Waals surface area contributed by atoms with E-state index in [1.165, 1.54) is 37.4 Å². The monoisotopic (exact) mass is 514 g/mol. The van der Waals surface area contributed by atoms with Crippen LogP contribution in [0.4, 0.5) is 18.9 Å². The quantitative estimate of drug-likeness (QED) is 0.442. The number of nitrogens with one attached hydrogen (secondary N) is 2. The molecule has 0 aliphatic heterocycles. The van der Waals surface area contributed by atoms with E-state index in [1.54, 1.807) is 22.6 Å². The Bertz CT molecular complexity index is 862. The minimum Gasteiger partial charge on any atom is -0.495 e. The molecule has 10 heteroatoms. The van der Waals surface area contributed by atoms with Crippen LogP contribution < -0.4 is 15.4 Å². The highest BCUT2D eigenvalue weighted by molar-refractivity contribution is 14.1. The Morgan fingerprint density at radius 2 is 1.92 bits per heavy atom. The number of anilines is 1. The molecule has 2 rings (SSSR count). The molecule has 1 amide bonds. The van der Waals surface area contributed by atoms with Gasteiger partial charge < -0.3 is 10.1 Å². The zero-order valence-electron chi connectivity index (χ0n) is 13.1. The maximum absolute atomic E-state index is 13.1. The molecule has 2 N–H and O–H groups in total. The summed E-state index contributed by atoms with van der Waals surface area (Å²) >= 11 is 12.7. The fourth-order valence-corrected chi connectivity index (χ4v) is 2.95. The number of hydrogen-bond acceptors (Lipinski definition) is 3. The van der Waals surface area contributed by atoms with Crippen molar-refractivity contribution in [3.63, 3.8) is 0 Å². The van der Waals surface area contributed by atoms with Crippen LogP contribution in [0, 0.1) is 3.57 Å². The summed E-state index contributed by atoms with van der Waals surface area (Å²) in [5.41, 5.74) is -0.955. The zero-order valence-corrected chi connectivity index (χ0v) is 16.8. The molecular weight excluding hydrogens is 504 g/mol. The number of methoxy groups -OCH3 is 1. The van der Waals surface area contributed by atoms with Gasteiger partial charge in [-0.1, -0.05) is 11.6 Å². The van der Waals surface area contributed by atoms with Crippen LogP contribution in [0.5, 0.6) is 5.75 Å². The zero-order chi connectivity index (χ0) is 19.5. The van der Waals surface area contributed by atoms with Crippen molar-refractivity contribution < 1.29 is 22.7 Å². The second-order valence-corrected chi connectivity index (χ2v) is 7.01. The first-order valence-electron chi connectivity index (χ1n) is 6.94. The van der Waals surface area contributed by atoms with Crippen LogP contribution >= 0.6 is 46.4 Å². The number of halogens is 5. The smallest absolute Gasteiger partial charge is 0.418 e. The second kappa shape index (κ2) is 8.40. The van der Waals surface area contributed by atoms with Crippen molar-refractivity contribution in [2.24, 2.45) is 0 Å². The molecule has 0 bridgehead atoms. The molecule has 0 radical (unpaired) electrons. The first-order valence-corrected chi connectivity index (χ1v) is 8.81. The molecule has 2 aromatic rings. The summed E-state index contributed by atoms with van der Waals surface area (Å²) in [6.45, 7) is 0. The van der Waals surface area contributed by atoms with Crippen molar-refractivity contribution in [3.8, 4) is 5.75 Å². The van der Waals surface area contributed by atoms with Gasteiger partial charge in [-0.25, -0.2) is 0 Å². The van der Waals surface area contributed by atoms with Crippen LogP contribution in [0.2, 0.25) is 5.02 Å². The Labute approximate surface area is 171 Å². The van der Waals surface area contributed by atoms with Crippen LogP contribution in [0.15, 0.2) is 36.4 Å². The third-order valence-electron chi connectivity index (χ3n) is 3.18. The van der Waals surface area contributed by atoms with E-state index in [0.717, 1.165) is 6.07 Å². The van der Waals surface area contributed by atoms with E-state index in [9.17, 15) is 18.0 Å². The summed E-state index contributed by atoms with van der Waals surface area (Å²) in [6, 6.07) is 8.03. The predicted octanol–water partition coefficient (Wildman–Crippen LogP) is 5.10. The molecule has 0 aliphatic carbocycles. The molecular formula is C16H11ClF3IN2O2S. The summed E-state index contributed by atoms with van der Waals surface area (Å²) < 4.78 is 44.8. The molecule has 4 nitrogen and oxygen atoms in total. The minimum absolute atomic E-state index is 0.179. The number of carbonyl (C=O) groups is 1. The molecule has 0 unspecified atom stereocenters. The lowest BCUT2D eigenvalue weighted by molar-refractivity contribution is -0.137. The van der Waals surface area contributed by atoms with Crippen molar-refractivity contribution >= 4 is 63.1 Å². The number of amides is 1. The SMILES string of the molecule is COc1ccc(C(=O)NC(=S)Nc2ccc(I)cc2C(F)(F)F)cc1Cl. The average molecular weight is 515 g/mol. The van der Waals surface area contributed by atoms with Crippen molar-refractivity contribution in [1.29, 1.82) is 0 Å². The molecule has 0 spiro atoms. The molecule has 26 heavy (non-hydrogen) atoms. The Morgan fingerprint density at radius 3 is 2.50 bits per heavy atom. The van der Waals surface area contributed by atoms with Gasteiger partial charge in [0.15, 0.2) is 5.11 Å². The first kappa shape index (κ1) is 20.7. The van der Waals surface area contributed by atoms with Gasteiger partial charge in [0.1, 0.15) is 5.75 Å². The molecule has 0 saturated carbocycles. The summed E-state index contributed by atoms with van der Waals surface area (Å²) in [5.74, 6) is -0.233. The minimum atomic E-state index is -4.56. The maximum Gasteiger partial charge on any atom is 0.418 e. The molecule has 0 aromatic heterocycles. The second-order valence-electron chi connectivity index (χ2n) is 4.95. The van der Waals surface area contributed by atoms with E-state index in [2.05, 4.69) is 10.6 Å². The van der Waals surface area contributed by atoms with Gasteiger partial charge in [-0.15, -0.1) is 0 Å². The third kappa shape index (κ3) is 5.21. The summed E-state index contributed by atoms with van der Waals surface area (Å²) in [4.78, 5) is 12.2. The van der Waals surface area contributed by atoms with Crippen molar-refractivity contribution in [2.45, 2.75) is 6.18 Å². The summed E-state index contributed by atoms with van der Waals surface area (Å²) in [7, 11) is 1.43. The highest BCUT2D eigenvalue weighted by atomic mass is 127. The van der Waals surface area contributed by atoms with Gasteiger partial charge in [-0.2, -0.15) is 13.2 Å². The van der Waals surface area contributed by atoms with Gasteiger partial charge in [0.2, 0.25) is 0 Å². The van der Waals surface area contributed by atoms with E-state index in [4.69, 9.17) is 28.6 Å². The van der Waals surface area contributed by atoms with Gasteiger partial charge in [0, 0.05) is 9.13 Å². The molecule has 0 saturated heterocycles. The van der Waals surface area contributed by atoms with Crippen LogP contribution in [0.25, 0.3) is 0 Å². The summed E-state index contributed by atoms with van der Waals surface area (Å²) in [6.07, 6.45) is -4.56. The molecule has 0 aliphatic rings. The van der Waals surface area contributed by atoms with E-state index in [0.29, 0.717) is 9.32 Å². The lowest BCUT2D eigenvalue weighted by Crippen LogP contribution is -2.34. The van der Waals surface area contributed by atoms with Crippen LogP contribution in [-0.4, -0.2) is 18.1 Å². The Balaban J connectivity index is 2.14. The number of benzene rings is 2. The van der Waals surface area contributed by atoms with Gasteiger partial charge in [-0.3, -0.25) is 10.1 Å². The number of rotatable bonds is 3.